The Balaban J connectivity index is 1.20. The van der Waals surface area contributed by atoms with Gasteiger partial charge in [0.2, 0.25) is 11.0 Å². The molecule has 3 aromatic heterocycles. The average Bonchev–Trinajstić information content (AvgIpc) is 3.97. The molecule has 0 saturated carbocycles. The van der Waals surface area contributed by atoms with Crippen molar-refractivity contribution in [1.29, 1.82) is 5.26 Å². The molecule has 77 heavy (non-hydrogen) atoms. The first-order chi connectivity index (χ1) is 36.3. The van der Waals surface area contributed by atoms with Crippen LogP contribution in [0.1, 0.15) is 37.3 Å². The Bertz CT molecular complexity index is 4300. The highest BCUT2D eigenvalue weighted by molar-refractivity contribution is 7.99. The first-order valence-corrected chi connectivity index (χ1v) is 30.5. The largest absolute Gasteiger partial charge is 0.493 e. The molecular formula is C45H39ClN10O15S6. The van der Waals surface area contributed by atoms with Crippen LogP contribution in [0.15, 0.2) is 118 Å². The maximum Gasteiger partial charge on any atom is 0.296 e. The van der Waals surface area contributed by atoms with Crippen molar-refractivity contribution in [3.05, 3.63) is 88.9 Å². The number of imidazole rings is 1. The van der Waals surface area contributed by atoms with Crippen LogP contribution in [-0.2, 0) is 40.5 Å². The quantitative estimate of drug-likeness (QED) is 0.0193. The van der Waals surface area contributed by atoms with Crippen LogP contribution in [0.3, 0.4) is 0 Å². The zero-order chi connectivity index (χ0) is 55.6. The predicted octanol–water partition coefficient (Wildman–Crippen LogP) is 11.3. The number of nitriles is 1. The number of hydrogen-bond donors (Lipinski definition) is 5. The van der Waals surface area contributed by atoms with E-state index in [0.717, 1.165) is 41.3 Å². The van der Waals surface area contributed by atoms with Crippen LogP contribution < -0.4 is 9.47 Å². The molecule has 8 aromatic rings. The van der Waals surface area contributed by atoms with E-state index in [9.17, 15) is 62.3 Å². The molecule has 0 aliphatic heterocycles. The summed E-state index contributed by atoms with van der Waals surface area (Å²) in [5.41, 5.74) is 1.23. The fourth-order valence-electron chi connectivity index (χ4n) is 7.44. The fraction of sp³-hybridized carbons (Fsp3) is 0.222. The normalized spacial score (nSPS) is 12.9. The minimum atomic E-state index is -4.90. The molecular weight excluding hydrogens is 1150 g/mol. The highest BCUT2D eigenvalue weighted by Gasteiger charge is 2.24. The monoisotopic (exact) mass is 1190 g/mol. The van der Waals surface area contributed by atoms with Gasteiger partial charge in [0.1, 0.15) is 56.3 Å². The molecule has 8 rings (SSSR count). The third kappa shape index (κ3) is 13.1. The highest BCUT2D eigenvalue weighted by Crippen LogP contribution is 2.46. The summed E-state index contributed by atoms with van der Waals surface area (Å²) >= 11 is 8.65. The number of fused-ring (bicyclic) bond motifs is 6. The number of aromatic hydroxyl groups is 1. The van der Waals surface area contributed by atoms with Gasteiger partial charge >= 0.3 is 0 Å². The van der Waals surface area contributed by atoms with Crippen molar-refractivity contribution >= 4 is 146 Å². The van der Waals surface area contributed by atoms with Crippen molar-refractivity contribution in [3.63, 3.8) is 0 Å². The van der Waals surface area contributed by atoms with Gasteiger partial charge in [-0.25, -0.2) is 9.97 Å². The number of benzene rings is 5. The number of aromatic nitrogens is 3. The van der Waals surface area contributed by atoms with E-state index in [1.807, 2.05) is 6.92 Å². The molecule has 5 aromatic carbocycles. The molecule has 0 aliphatic rings. The SMILES string of the molecule is CCCOc1cc(N=Nc2cc(OCCCS(=O)(=O)O)c(N=Nc3c(C)c(C#N)c4nc5ccccc5n4c3O)cc2Cl)c(SCCCS(=O)(=O)O)cc1N=Nc1nc2c(S(=O)(=O)O)cc3ccc(S(=O)(=O)O)cc3c2s1. The second-order valence-corrected chi connectivity index (χ2v) is 24.9. The second kappa shape index (κ2) is 22.6. The van der Waals surface area contributed by atoms with Gasteiger partial charge < -0.3 is 14.6 Å². The van der Waals surface area contributed by atoms with Crippen molar-refractivity contribution in [1.82, 2.24) is 14.4 Å². The number of halogens is 1. The number of thiazole rings is 1. The summed E-state index contributed by atoms with van der Waals surface area (Å²) in [6, 6.07) is 19.0. The highest BCUT2D eigenvalue weighted by atomic mass is 35.5. The van der Waals surface area contributed by atoms with Crippen LogP contribution in [-0.4, -0.2) is 102 Å². The summed E-state index contributed by atoms with van der Waals surface area (Å²) in [6.45, 7) is 3.24. The lowest BCUT2D eigenvalue weighted by Gasteiger charge is -2.12. The zero-order valence-electron chi connectivity index (χ0n) is 39.7. The topological polar surface area (TPSA) is 384 Å². The van der Waals surface area contributed by atoms with E-state index >= 15 is 0 Å². The Morgan fingerprint density at radius 1 is 0.753 bits per heavy atom. The number of azo groups is 3. The molecule has 0 aliphatic carbocycles. The summed E-state index contributed by atoms with van der Waals surface area (Å²) < 4.78 is 147. The Morgan fingerprint density at radius 3 is 2.09 bits per heavy atom. The third-order valence-electron chi connectivity index (χ3n) is 10.9. The molecule has 3 heterocycles. The number of nitrogens with zero attached hydrogens (tertiary/aromatic N) is 10. The van der Waals surface area contributed by atoms with Gasteiger partial charge in [-0.2, -0.15) is 38.9 Å². The van der Waals surface area contributed by atoms with Crippen LogP contribution in [0.25, 0.3) is 37.7 Å². The van der Waals surface area contributed by atoms with Gasteiger partial charge in [-0.05, 0) is 79.8 Å². The Kier molecular flexibility index (Phi) is 16.6. The minimum Gasteiger partial charge on any atom is -0.493 e. The van der Waals surface area contributed by atoms with Gasteiger partial charge in [-0.15, -0.1) is 42.4 Å². The Morgan fingerprint density at radius 2 is 1.40 bits per heavy atom. The molecule has 0 amide bonds. The molecule has 0 fully saturated rings. The van der Waals surface area contributed by atoms with Gasteiger partial charge in [-0.1, -0.05) is 48.1 Å². The minimum absolute atomic E-state index is 0.0257. The van der Waals surface area contributed by atoms with Gasteiger partial charge in [0.05, 0.1) is 50.4 Å². The number of para-hydroxylation sites is 2. The first-order valence-electron chi connectivity index (χ1n) is 22.2. The summed E-state index contributed by atoms with van der Waals surface area (Å²) in [5, 5.41) is 47.7. The van der Waals surface area contributed by atoms with E-state index in [-0.39, 0.29) is 126 Å². The molecule has 5 N–H and O–H groups in total. The van der Waals surface area contributed by atoms with Crippen molar-refractivity contribution in [2.24, 2.45) is 30.7 Å². The maximum absolute atomic E-state index is 12.5. The molecule has 0 saturated heterocycles. The smallest absolute Gasteiger partial charge is 0.296 e. The number of pyridine rings is 1. The summed E-state index contributed by atoms with van der Waals surface area (Å²) in [7, 11) is -18.3. The second-order valence-electron chi connectivity index (χ2n) is 16.4. The van der Waals surface area contributed by atoms with Crippen molar-refractivity contribution in [3.8, 4) is 23.4 Å². The third-order valence-corrected chi connectivity index (χ3v) is 16.7. The fourth-order valence-corrected chi connectivity index (χ4v) is 11.9. The summed E-state index contributed by atoms with van der Waals surface area (Å²) in [6.07, 6.45) is 0.309. The Labute approximate surface area is 451 Å². The van der Waals surface area contributed by atoms with Gasteiger partial charge in [0.15, 0.2) is 11.3 Å². The zero-order valence-corrected chi connectivity index (χ0v) is 45.4. The molecule has 0 radical (unpaired) electrons. The van der Waals surface area contributed by atoms with Crippen molar-refractivity contribution in [2.45, 2.75) is 47.8 Å². The van der Waals surface area contributed by atoms with E-state index in [4.69, 9.17) is 21.1 Å². The molecule has 402 valence electrons. The predicted molar refractivity (Wildman–Crippen MR) is 285 cm³/mol. The lowest BCUT2D eigenvalue weighted by molar-refractivity contribution is 0.317. The first kappa shape index (κ1) is 56.4. The molecule has 32 heteroatoms. The van der Waals surface area contributed by atoms with Crippen LogP contribution in [0.2, 0.25) is 5.02 Å². The number of rotatable bonds is 21. The lowest BCUT2D eigenvalue weighted by Crippen LogP contribution is -2.08. The van der Waals surface area contributed by atoms with E-state index in [0.29, 0.717) is 22.3 Å². The van der Waals surface area contributed by atoms with Crippen molar-refractivity contribution < 1.29 is 66.5 Å². The number of thioether (sulfide) groups is 1. The van der Waals surface area contributed by atoms with E-state index in [1.165, 1.54) is 34.7 Å². The lowest BCUT2D eigenvalue weighted by atomic mass is 10.1. The van der Waals surface area contributed by atoms with Crippen LogP contribution in [0, 0.1) is 18.3 Å². The number of hydrogen-bond acceptors (Lipinski definition) is 22. The summed E-state index contributed by atoms with van der Waals surface area (Å²) in [5.74, 6) is -1.50. The standard InChI is InChI=1S/C45H39ClN10O15S6/c1-3-12-70-37-21-34(38(72-14-7-16-75(61,62)63)22-33(37)52-55-45-49-41-39(77(67,68)69)17-25-10-11-26(76(64,65)66)18-27(25)42(41)73-45)53-50-31-20-36(71-13-6-15-74(58,59)60)32(19-29(31)46)51-54-40-24(2)28(23-47)43-48-30-8-4-5-9-35(30)56(43)44(40)57/h4-5,8-11,17-22,57H,3,6-7,12-16H2,1-2H3,(H,58,59,60)(H,61,62,63)(H,64,65,66)(H,67,68,69). The van der Waals surface area contributed by atoms with Crippen LogP contribution >= 0.6 is 34.7 Å². The average molecular weight is 1190 g/mol. The van der Waals surface area contributed by atoms with E-state index in [2.05, 4.69) is 46.7 Å². The van der Waals surface area contributed by atoms with E-state index in [1.54, 1.807) is 31.2 Å². The molecule has 0 bridgehead atoms. The molecule has 25 nitrogen and oxygen atoms in total. The molecule has 0 atom stereocenters. The molecule has 0 spiro atoms. The van der Waals surface area contributed by atoms with Crippen LogP contribution in [0.4, 0.5) is 33.6 Å². The van der Waals surface area contributed by atoms with Gasteiger partial charge in [0, 0.05) is 28.0 Å². The summed E-state index contributed by atoms with van der Waals surface area (Å²) in [4.78, 5) is 7.99. The maximum atomic E-state index is 12.5. The van der Waals surface area contributed by atoms with Gasteiger partial charge in [0.25, 0.3) is 40.5 Å². The van der Waals surface area contributed by atoms with E-state index < -0.39 is 61.8 Å². The van der Waals surface area contributed by atoms with Gasteiger partial charge in [-0.3, -0.25) is 22.6 Å². The van der Waals surface area contributed by atoms with Crippen molar-refractivity contribution in [2.75, 3.05) is 30.5 Å². The molecule has 0 unspecified atom stereocenters. The Hall–Kier alpha value is -6.83. The van der Waals surface area contributed by atoms with Crippen LogP contribution in [0.5, 0.6) is 17.4 Å². The number of ether oxygens (including phenoxy) is 2.